The van der Waals surface area contributed by atoms with Crippen LogP contribution in [0.1, 0.15) is 19.4 Å². The van der Waals surface area contributed by atoms with Gasteiger partial charge in [0.15, 0.2) is 0 Å². The molecule has 0 fully saturated rings. The molecule has 3 nitrogen and oxygen atoms in total. The fourth-order valence-corrected chi connectivity index (χ4v) is 2.24. The van der Waals surface area contributed by atoms with Gasteiger partial charge < -0.3 is 5.11 Å². The Morgan fingerprint density at radius 3 is 2.67 bits per heavy atom. The molecule has 0 aliphatic carbocycles. The normalized spacial score (nSPS) is 12.7. The number of nitrogens with zero attached hydrogens (tertiary/aromatic N) is 1. The maximum Gasteiger partial charge on any atom is 0.307 e. The van der Waals surface area contributed by atoms with Crippen LogP contribution in [0.15, 0.2) is 22.7 Å². The van der Waals surface area contributed by atoms with Crippen LogP contribution >= 0.6 is 15.9 Å². The lowest BCUT2D eigenvalue weighted by molar-refractivity contribution is -0.141. The smallest absolute Gasteiger partial charge is 0.307 e. The predicted molar refractivity (Wildman–Crippen MR) is 71.9 cm³/mol. The van der Waals surface area contributed by atoms with Gasteiger partial charge in [0.05, 0.1) is 5.92 Å². The van der Waals surface area contributed by atoms with Crippen molar-refractivity contribution in [2.75, 3.05) is 13.1 Å². The summed E-state index contributed by atoms with van der Waals surface area (Å²) in [5.41, 5.74) is 0.835. The zero-order valence-electron chi connectivity index (χ0n) is 10.5. The number of carboxylic acids is 1. The van der Waals surface area contributed by atoms with Gasteiger partial charge >= 0.3 is 5.97 Å². The van der Waals surface area contributed by atoms with E-state index in [4.69, 9.17) is 5.11 Å². The van der Waals surface area contributed by atoms with Crippen molar-refractivity contribution in [1.29, 1.82) is 0 Å². The van der Waals surface area contributed by atoms with Crippen molar-refractivity contribution in [3.63, 3.8) is 0 Å². The van der Waals surface area contributed by atoms with Crippen LogP contribution in [0.2, 0.25) is 0 Å². The van der Waals surface area contributed by atoms with Crippen molar-refractivity contribution in [3.8, 4) is 0 Å². The molecule has 0 aliphatic rings. The predicted octanol–water partition coefficient (Wildman–Crippen LogP) is 3.13. The first-order chi connectivity index (χ1) is 8.42. The largest absolute Gasteiger partial charge is 0.481 e. The zero-order chi connectivity index (χ0) is 13.7. The monoisotopic (exact) mass is 317 g/mol. The van der Waals surface area contributed by atoms with Crippen molar-refractivity contribution in [2.45, 2.75) is 20.4 Å². The molecule has 0 aromatic heterocycles. The molecule has 0 radical (unpaired) electrons. The van der Waals surface area contributed by atoms with Gasteiger partial charge in [0.1, 0.15) is 5.82 Å². The van der Waals surface area contributed by atoms with Crippen molar-refractivity contribution < 1.29 is 14.3 Å². The van der Waals surface area contributed by atoms with Crippen LogP contribution in [0.5, 0.6) is 0 Å². The quantitative estimate of drug-likeness (QED) is 0.876. The van der Waals surface area contributed by atoms with Gasteiger partial charge in [-0.05, 0) is 30.3 Å². The van der Waals surface area contributed by atoms with E-state index < -0.39 is 11.9 Å². The summed E-state index contributed by atoms with van der Waals surface area (Å²) in [6.45, 7) is 5.37. The molecule has 1 N–H and O–H groups in total. The third-order valence-corrected chi connectivity index (χ3v) is 3.19. The molecular formula is C13H17BrFNO2. The van der Waals surface area contributed by atoms with E-state index in [1.165, 1.54) is 12.1 Å². The molecule has 0 saturated heterocycles. The van der Waals surface area contributed by atoms with E-state index in [0.29, 0.717) is 17.6 Å². The summed E-state index contributed by atoms with van der Waals surface area (Å²) in [5, 5.41) is 8.89. The molecule has 18 heavy (non-hydrogen) atoms. The molecule has 0 heterocycles. The molecule has 1 rings (SSSR count). The van der Waals surface area contributed by atoms with Gasteiger partial charge in [-0.25, -0.2) is 4.39 Å². The van der Waals surface area contributed by atoms with Crippen molar-refractivity contribution >= 4 is 21.9 Å². The molecule has 0 amide bonds. The Balaban J connectivity index is 2.70. The topological polar surface area (TPSA) is 40.5 Å². The number of carbonyl (C=O) groups is 1. The van der Waals surface area contributed by atoms with Gasteiger partial charge in [0.25, 0.3) is 0 Å². The highest BCUT2D eigenvalue weighted by atomic mass is 79.9. The van der Waals surface area contributed by atoms with Crippen molar-refractivity contribution in [2.24, 2.45) is 5.92 Å². The lowest BCUT2D eigenvalue weighted by Crippen LogP contribution is -2.31. The minimum atomic E-state index is -0.811. The highest BCUT2D eigenvalue weighted by Crippen LogP contribution is 2.16. The maximum absolute atomic E-state index is 13.2. The van der Waals surface area contributed by atoms with Gasteiger partial charge in [-0.3, -0.25) is 9.69 Å². The second-order valence-corrected chi connectivity index (χ2v) is 5.26. The molecule has 100 valence electrons. The summed E-state index contributed by atoms with van der Waals surface area (Å²) < 4.78 is 13.9. The fourth-order valence-electron chi connectivity index (χ4n) is 1.73. The van der Waals surface area contributed by atoms with Crippen LogP contribution in [-0.4, -0.2) is 29.1 Å². The van der Waals surface area contributed by atoms with Crippen LogP contribution < -0.4 is 0 Å². The zero-order valence-corrected chi connectivity index (χ0v) is 12.1. The Kier molecular flexibility index (Phi) is 5.75. The Morgan fingerprint density at radius 1 is 1.50 bits per heavy atom. The summed E-state index contributed by atoms with van der Waals surface area (Å²) in [6.07, 6.45) is 0. The van der Waals surface area contributed by atoms with Crippen molar-refractivity contribution in [1.82, 2.24) is 4.90 Å². The van der Waals surface area contributed by atoms with E-state index in [9.17, 15) is 9.18 Å². The first-order valence-corrected chi connectivity index (χ1v) is 6.61. The molecule has 1 unspecified atom stereocenters. The van der Waals surface area contributed by atoms with Crippen LogP contribution in [0, 0.1) is 11.7 Å². The highest BCUT2D eigenvalue weighted by Gasteiger charge is 2.15. The van der Waals surface area contributed by atoms with Crippen molar-refractivity contribution in [3.05, 3.63) is 34.1 Å². The van der Waals surface area contributed by atoms with Crippen LogP contribution in [-0.2, 0) is 11.3 Å². The SMILES string of the molecule is CCN(Cc1cc(F)cc(Br)c1)CC(C)C(=O)O. The number of rotatable bonds is 6. The first kappa shape index (κ1) is 15.1. The molecule has 0 aliphatic heterocycles. The lowest BCUT2D eigenvalue weighted by atomic mass is 10.1. The van der Waals surface area contributed by atoms with E-state index in [-0.39, 0.29) is 5.82 Å². The second kappa shape index (κ2) is 6.85. The number of hydrogen-bond acceptors (Lipinski definition) is 2. The third-order valence-electron chi connectivity index (χ3n) is 2.73. The molecular weight excluding hydrogens is 301 g/mol. The van der Waals surface area contributed by atoms with Crippen LogP contribution in [0.3, 0.4) is 0 Å². The summed E-state index contributed by atoms with van der Waals surface area (Å²) in [7, 11) is 0. The highest BCUT2D eigenvalue weighted by molar-refractivity contribution is 9.10. The van der Waals surface area contributed by atoms with Gasteiger partial charge in [0, 0.05) is 17.6 Å². The summed E-state index contributed by atoms with van der Waals surface area (Å²) in [5.74, 6) is -1.53. The Labute approximate surface area is 115 Å². The number of aliphatic carboxylic acids is 1. The molecule has 5 heteroatoms. The summed E-state index contributed by atoms with van der Waals surface area (Å²) >= 11 is 3.25. The minimum Gasteiger partial charge on any atom is -0.481 e. The van der Waals surface area contributed by atoms with E-state index >= 15 is 0 Å². The summed E-state index contributed by atoms with van der Waals surface area (Å²) in [4.78, 5) is 12.8. The average Bonchev–Trinajstić information content (AvgIpc) is 2.26. The van der Waals surface area contributed by atoms with Crippen LogP contribution in [0.25, 0.3) is 0 Å². The van der Waals surface area contributed by atoms with E-state index in [1.54, 1.807) is 6.92 Å². The van der Waals surface area contributed by atoms with E-state index in [2.05, 4.69) is 15.9 Å². The molecule has 1 aromatic rings. The number of halogens is 2. The maximum atomic E-state index is 13.2. The Hall–Kier alpha value is -0.940. The molecule has 0 bridgehead atoms. The molecule has 0 spiro atoms. The first-order valence-electron chi connectivity index (χ1n) is 5.82. The van der Waals surface area contributed by atoms with Gasteiger partial charge in [-0.1, -0.05) is 29.8 Å². The molecule has 0 saturated carbocycles. The average molecular weight is 318 g/mol. The molecule has 1 aromatic carbocycles. The number of carboxylic acid groups (broad SMARTS) is 1. The Morgan fingerprint density at radius 2 is 2.17 bits per heavy atom. The summed E-state index contributed by atoms with van der Waals surface area (Å²) in [6, 6.07) is 4.72. The van der Waals surface area contributed by atoms with Crippen LogP contribution in [0.4, 0.5) is 4.39 Å². The van der Waals surface area contributed by atoms with E-state index in [1.807, 2.05) is 17.9 Å². The van der Waals surface area contributed by atoms with E-state index in [0.717, 1.165) is 12.1 Å². The second-order valence-electron chi connectivity index (χ2n) is 4.34. The number of benzene rings is 1. The number of hydrogen-bond donors (Lipinski definition) is 1. The molecule has 1 atom stereocenters. The third kappa shape index (κ3) is 4.74. The van der Waals surface area contributed by atoms with Gasteiger partial charge in [-0.15, -0.1) is 0 Å². The lowest BCUT2D eigenvalue weighted by Gasteiger charge is -2.22. The standard InChI is InChI=1S/C13H17BrFNO2/c1-3-16(7-9(2)13(17)18)8-10-4-11(14)6-12(15)5-10/h4-6,9H,3,7-8H2,1-2H3,(H,17,18). The minimum absolute atomic E-state index is 0.290. The Bertz CT molecular complexity index is 405. The fraction of sp³-hybridized carbons (Fsp3) is 0.462. The van der Waals surface area contributed by atoms with Gasteiger partial charge in [-0.2, -0.15) is 0 Å². The van der Waals surface area contributed by atoms with Gasteiger partial charge in [0.2, 0.25) is 0 Å².